The fourth-order valence-corrected chi connectivity index (χ4v) is 2.76. The van der Waals surface area contributed by atoms with E-state index in [4.69, 9.17) is 0 Å². The lowest BCUT2D eigenvalue weighted by atomic mass is 10.1. The molecule has 3 aromatic rings. The molecule has 1 amide bonds. The summed E-state index contributed by atoms with van der Waals surface area (Å²) in [6.07, 6.45) is 4.08. The minimum Gasteiger partial charge on any atom is -0.352 e. The largest absolute Gasteiger partial charge is 0.352 e. The van der Waals surface area contributed by atoms with Gasteiger partial charge in [0.1, 0.15) is 0 Å². The quantitative estimate of drug-likeness (QED) is 0.707. The number of hydrogen-bond donors (Lipinski definition) is 1. The van der Waals surface area contributed by atoms with Crippen LogP contribution in [0.15, 0.2) is 71.5 Å². The molecule has 0 unspecified atom stereocenters. The van der Waals surface area contributed by atoms with E-state index in [1.54, 1.807) is 6.20 Å². The highest BCUT2D eigenvalue weighted by atomic mass is 79.9. The molecule has 0 aliphatic carbocycles. The molecule has 4 nitrogen and oxygen atoms in total. The molecular formula is C19H18BrN3O. The number of amides is 1. The fourth-order valence-electron chi connectivity index (χ4n) is 2.50. The average molecular weight is 384 g/mol. The standard InChI is InChI=1S/C19H18BrN3O/c20-18-8-6-15(7-9-18)12-19(24)21-13-16-4-1-2-5-17(16)14-23-11-3-10-22-23/h1-11H,12-14H2,(H,21,24). The number of benzene rings is 2. The van der Waals surface area contributed by atoms with Gasteiger partial charge in [0.25, 0.3) is 0 Å². The second-order valence-electron chi connectivity index (χ2n) is 5.55. The Labute approximate surface area is 149 Å². The zero-order chi connectivity index (χ0) is 16.8. The van der Waals surface area contributed by atoms with Gasteiger partial charge < -0.3 is 5.32 Å². The monoisotopic (exact) mass is 383 g/mol. The van der Waals surface area contributed by atoms with E-state index in [9.17, 15) is 4.79 Å². The highest BCUT2D eigenvalue weighted by molar-refractivity contribution is 9.10. The lowest BCUT2D eigenvalue weighted by Crippen LogP contribution is -2.25. The fraction of sp³-hybridized carbons (Fsp3) is 0.158. The van der Waals surface area contributed by atoms with Crippen LogP contribution in [-0.2, 0) is 24.3 Å². The SMILES string of the molecule is O=C(Cc1ccc(Br)cc1)NCc1ccccc1Cn1cccn1. The van der Waals surface area contributed by atoms with Crippen molar-refractivity contribution in [1.29, 1.82) is 0 Å². The number of nitrogens with one attached hydrogen (secondary N) is 1. The Morgan fingerprint density at radius 3 is 2.50 bits per heavy atom. The molecule has 0 saturated heterocycles. The zero-order valence-corrected chi connectivity index (χ0v) is 14.7. The minimum atomic E-state index is 0.0196. The van der Waals surface area contributed by atoms with Crippen LogP contribution >= 0.6 is 15.9 Å². The first-order chi connectivity index (χ1) is 11.7. The summed E-state index contributed by atoms with van der Waals surface area (Å²) in [4.78, 5) is 12.2. The van der Waals surface area contributed by atoms with E-state index in [0.29, 0.717) is 19.5 Å². The van der Waals surface area contributed by atoms with Gasteiger partial charge in [-0.05, 0) is 34.9 Å². The third-order valence-corrected chi connectivity index (χ3v) is 4.29. The molecule has 1 aromatic heterocycles. The highest BCUT2D eigenvalue weighted by Crippen LogP contribution is 2.12. The van der Waals surface area contributed by atoms with Crippen molar-refractivity contribution >= 4 is 21.8 Å². The van der Waals surface area contributed by atoms with Crippen molar-refractivity contribution in [2.24, 2.45) is 0 Å². The highest BCUT2D eigenvalue weighted by Gasteiger charge is 2.07. The number of nitrogens with zero attached hydrogens (tertiary/aromatic N) is 2. The first-order valence-corrected chi connectivity index (χ1v) is 8.55. The van der Waals surface area contributed by atoms with E-state index in [2.05, 4.69) is 32.4 Å². The molecule has 0 radical (unpaired) electrons. The summed E-state index contributed by atoms with van der Waals surface area (Å²) in [5.41, 5.74) is 3.27. The third kappa shape index (κ3) is 4.55. The van der Waals surface area contributed by atoms with Gasteiger partial charge in [0.2, 0.25) is 5.91 Å². The smallest absolute Gasteiger partial charge is 0.224 e. The Morgan fingerprint density at radius 1 is 1.04 bits per heavy atom. The molecule has 0 aliphatic rings. The van der Waals surface area contributed by atoms with Gasteiger partial charge in [-0.2, -0.15) is 5.10 Å². The molecule has 0 fully saturated rings. The predicted octanol–water partition coefficient (Wildman–Crippen LogP) is 3.55. The summed E-state index contributed by atoms with van der Waals surface area (Å²) in [6.45, 7) is 1.22. The normalized spacial score (nSPS) is 10.5. The molecule has 3 rings (SSSR count). The summed E-state index contributed by atoms with van der Waals surface area (Å²) < 4.78 is 2.89. The first kappa shape index (κ1) is 16.5. The minimum absolute atomic E-state index is 0.0196. The maximum absolute atomic E-state index is 12.2. The van der Waals surface area contributed by atoms with Crippen LogP contribution < -0.4 is 5.32 Å². The van der Waals surface area contributed by atoms with Gasteiger partial charge >= 0.3 is 0 Å². The molecular weight excluding hydrogens is 366 g/mol. The van der Waals surface area contributed by atoms with Gasteiger partial charge in [-0.25, -0.2) is 0 Å². The lowest BCUT2D eigenvalue weighted by Gasteiger charge is -2.11. The number of halogens is 1. The summed E-state index contributed by atoms with van der Waals surface area (Å²) in [6, 6.07) is 17.8. The summed E-state index contributed by atoms with van der Waals surface area (Å²) >= 11 is 3.40. The van der Waals surface area contributed by atoms with E-state index >= 15 is 0 Å². The molecule has 0 aliphatic heterocycles. The van der Waals surface area contributed by atoms with Crippen LogP contribution in [0.1, 0.15) is 16.7 Å². The number of carbonyl (C=O) groups is 1. The van der Waals surface area contributed by atoms with Crippen molar-refractivity contribution in [1.82, 2.24) is 15.1 Å². The number of rotatable bonds is 6. The van der Waals surface area contributed by atoms with E-state index in [-0.39, 0.29) is 5.91 Å². The first-order valence-electron chi connectivity index (χ1n) is 7.76. The van der Waals surface area contributed by atoms with Crippen molar-refractivity contribution in [3.05, 3.63) is 88.2 Å². The summed E-state index contributed by atoms with van der Waals surface area (Å²) in [5.74, 6) is 0.0196. The lowest BCUT2D eigenvalue weighted by molar-refractivity contribution is -0.120. The van der Waals surface area contributed by atoms with Crippen LogP contribution in [0, 0.1) is 0 Å². The van der Waals surface area contributed by atoms with Gasteiger partial charge in [0.05, 0.1) is 13.0 Å². The number of hydrogen-bond acceptors (Lipinski definition) is 2. The Kier molecular flexibility index (Phi) is 5.43. The molecule has 5 heteroatoms. The second kappa shape index (κ2) is 7.93. The molecule has 0 bridgehead atoms. The van der Waals surface area contributed by atoms with Crippen LogP contribution in [-0.4, -0.2) is 15.7 Å². The molecule has 1 N–H and O–H groups in total. The molecule has 0 atom stereocenters. The van der Waals surface area contributed by atoms with Crippen molar-refractivity contribution in [3.63, 3.8) is 0 Å². The van der Waals surface area contributed by atoms with Gasteiger partial charge in [-0.15, -0.1) is 0 Å². The molecule has 0 saturated carbocycles. The second-order valence-corrected chi connectivity index (χ2v) is 6.47. The molecule has 24 heavy (non-hydrogen) atoms. The van der Waals surface area contributed by atoms with E-state index in [1.807, 2.05) is 59.4 Å². The van der Waals surface area contributed by atoms with Gasteiger partial charge in [-0.1, -0.05) is 52.3 Å². The Bertz CT molecular complexity index is 798. The van der Waals surface area contributed by atoms with E-state index < -0.39 is 0 Å². The number of carbonyl (C=O) groups excluding carboxylic acids is 1. The Hall–Kier alpha value is -2.40. The van der Waals surface area contributed by atoms with Gasteiger partial charge in [-0.3, -0.25) is 9.48 Å². The van der Waals surface area contributed by atoms with Crippen LogP contribution in [0.2, 0.25) is 0 Å². The third-order valence-electron chi connectivity index (χ3n) is 3.76. The maximum Gasteiger partial charge on any atom is 0.224 e. The Morgan fingerprint density at radius 2 is 1.79 bits per heavy atom. The molecule has 2 aromatic carbocycles. The van der Waals surface area contributed by atoms with Crippen molar-refractivity contribution in [3.8, 4) is 0 Å². The zero-order valence-electron chi connectivity index (χ0n) is 13.2. The molecule has 122 valence electrons. The average Bonchev–Trinajstić information content (AvgIpc) is 3.09. The number of aromatic nitrogens is 2. The predicted molar refractivity (Wildman–Crippen MR) is 97.5 cm³/mol. The van der Waals surface area contributed by atoms with E-state index in [0.717, 1.165) is 21.2 Å². The van der Waals surface area contributed by atoms with Gasteiger partial charge in [0.15, 0.2) is 0 Å². The molecule has 0 spiro atoms. The van der Waals surface area contributed by atoms with E-state index in [1.165, 1.54) is 0 Å². The van der Waals surface area contributed by atoms with Crippen LogP contribution in [0.5, 0.6) is 0 Å². The summed E-state index contributed by atoms with van der Waals surface area (Å²) in [7, 11) is 0. The van der Waals surface area contributed by atoms with Gasteiger partial charge in [0, 0.05) is 23.4 Å². The Balaban J connectivity index is 1.60. The van der Waals surface area contributed by atoms with Crippen LogP contribution in [0.3, 0.4) is 0 Å². The maximum atomic E-state index is 12.2. The van der Waals surface area contributed by atoms with Crippen LogP contribution in [0.25, 0.3) is 0 Å². The van der Waals surface area contributed by atoms with Crippen molar-refractivity contribution in [2.45, 2.75) is 19.5 Å². The van der Waals surface area contributed by atoms with Crippen molar-refractivity contribution < 1.29 is 4.79 Å². The van der Waals surface area contributed by atoms with Crippen LogP contribution in [0.4, 0.5) is 0 Å². The summed E-state index contributed by atoms with van der Waals surface area (Å²) in [5, 5.41) is 7.24. The molecule has 1 heterocycles. The topological polar surface area (TPSA) is 46.9 Å². The van der Waals surface area contributed by atoms with Crippen molar-refractivity contribution in [2.75, 3.05) is 0 Å².